The molecule has 0 radical (unpaired) electrons. The molecule has 3 atom stereocenters. The maximum absolute atomic E-state index is 12.9. The van der Waals surface area contributed by atoms with Crippen molar-refractivity contribution in [2.24, 2.45) is 0 Å². The van der Waals surface area contributed by atoms with Crippen LogP contribution in [0.25, 0.3) is 0 Å². The van der Waals surface area contributed by atoms with Crippen LogP contribution in [0.2, 0.25) is 0 Å². The van der Waals surface area contributed by atoms with E-state index in [0.29, 0.717) is 23.9 Å². The lowest BCUT2D eigenvalue weighted by Crippen LogP contribution is -2.46. The molecule has 0 rings (SSSR count). The Morgan fingerprint density at radius 3 is 1.42 bits per heavy atom. The van der Waals surface area contributed by atoms with Gasteiger partial charge in [0.1, 0.15) is 13.2 Å². The molecule has 0 aliphatic rings. The van der Waals surface area contributed by atoms with E-state index >= 15 is 0 Å². The average molecular weight is 890 g/mol. The summed E-state index contributed by atoms with van der Waals surface area (Å²) < 4.78 is 23.5. The summed E-state index contributed by atoms with van der Waals surface area (Å²) in [5.74, 6) is -0.152. The number of hydrogen-bond acceptors (Lipinski definition) is 5. The topological polar surface area (TPSA) is 105 Å². The minimum absolute atomic E-state index is 0.0720. The molecule has 1 amide bonds. The number of carbonyl (C=O) groups is 1. The zero-order valence-electron chi connectivity index (χ0n) is 40.8. The normalized spacial score (nSPS) is 14.8. The summed E-state index contributed by atoms with van der Waals surface area (Å²) in [5, 5.41) is 13.9. The maximum atomic E-state index is 12.9. The van der Waals surface area contributed by atoms with Crippen molar-refractivity contribution in [1.29, 1.82) is 0 Å². The number of aliphatic hydroxyl groups is 1. The molecule has 3 N–H and O–H groups in total. The number of carbonyl (C=O) groups excluding carboxylic acids is 1. The number of allylic oxidation sites excluding steroid dienone is 12. The highest BCUT2D eigenvalue weighted by Crippen LogP contribution is 2.43. The smallest absolute Gasteiger partial charge is 0.391 e. The molecular weight excluding hydrogens is 792 g/mol. The van der Waals surface area contributed by atoms with Gasteiger partial charge in [0.25, 0.3) is 0 Å². The Morgan fingerprint density at radius 2 is 0.968 bits per heavy atom. The fraction of sp³-hybridized carbons (Fsp3) is 0.755. The molecule has 0 spiro atoms. The fourth-order valence-electron chi connectivity index (χ4n) is 6.99. The molecule has 8 nitrogen and oxygen atoms in total. The Bertz CT molecular complexity index is 1240. The fourth-order valence-corrected chi connectivity index (χ4v) is 7.73. The van der Waals surface area contributed by atoms with Gasteiger partial charge in [0.15, 0.2) is 0 Å². The largest absolute Gasteiger partial charge is 0.472 e. The Labute approximate surface area is 383 Å². The van der Waals surface area contributed by atoms with Crippen LogP contribution in [0.5, 0.6) is 0 Å². The van der Waals surface area contributed by atoms with Crippen molar-refractivity contribution in [2.75, 3.05) is 40.9 Å². The number of hydrogen-bond donors (Lipinski definition) is 3. The van der Waals surface area contributed by atoms with E-state index in [2.05, 4.69) is 92.1 Å². The SMILES string of the molecule is CC/C=C\C/C=C\C/C=C\C/C=C\C/C=C\C/C=C\CCCCCCCCCCCCCCCCC(=O)NC(COP(=O)(O)OCC[N+](C)(C)C)C(O)CCCCCCCCC. The van der Waals surface area contributed by atoms with Crippen molar-refractivity contribution < 1.29 is 32.9 Å². The number of amides is 1. The van der Waals surface area contributed by atoms with Gasteiger partial charge < -0.3 is 19.8 Å². The lowest BCUT2D eigenvalue weighted by molar-refractivity contribution is -0.870. The van der Waals surface area contributed by atoms with Crippen LogP contribution < -0.4 is 5.32 Å². The van der Waals surface area contributed by atoms with Crippen molar-refractivity contribution in [1.82, 2.24) is 5.32 Å². The maximum Gasteiger partial charge on any atom is 0.472 e. The van der Waals surface area contributed by atoms with E-state index in [9.17, 15) is 19.4 Å². The molecule has 0 aromatic carbocycles. The van der Waals surface area contributed by atoms with Gasteiger partial charge in [-0.2, -0.15) is 0 Å². The van der Waals surface area contributed by atoms with Crippen LogP contribution in [0.15, 0.2) is 72.9 Å². The number of nitrogens with zero attached hydrogens (tertiary/aromatic N) is 1. The minimum Gasteiger partial charge on any atom is -0.391 e. The minimum atomic E-state index is -4.31. The van der Waals surface area contributed by atoms with Gasteiger partial charge in [-0.1, -0.05) is 209 Å². The number of likely N-dealkylation sites (N-methyl/N-ethyl adjacent to an activating group) is 1. The van der Waals surface area contributed by atoms with Crippen LogP contribution in [0.1, 0.15) is 206 Å². The summed E-state index contributed by atoms with van der Waals surface area (Å²) in [6.07, 6.45) is 59.8. The Hall–Kier alpha value is -2.06. The molecule has 3 unspecified atom stereocenters. The van der Waals surface area contributed by atoms with Crippen LogP contribution in [0.3, 0.4) is 0 Å². The second kappa shape index (κ2) is 44.2. The first-order valence-electron chi connectivity index (χ1n) is 25.3. The van der Waals surface area contributed by atoms with E-state index in [4.69, 9.17) is 9.05 Å². The van der Waals surface area contributed by atoms with E-state index in [1.165, 1.54) is 103 Å². The molecule has 360 valence electrons. The lowest BCUT2D eigenvalue weighted by atomic mass is 10.0. The van der Waals surface area contributed by atoms with Crippen LogP contribution in [-0.4, -0.2) is 73.4 Å². The number of unbranched alkanes of at least 4 members (excludes halogenated alkanes) is 20. The van der Waals surface area contributed by atoms with Gasteiger partial charge in [0.2, 0.25) is 5.91 Å². The monoisotopic (exact) mass is 890 g/mol. The van der Waals surface area contributed by atoms with Crippen LogP contribution in [-0.2, 0) is 18.4 Å². The first-order valence-corrected chi connectivity index (χ1v) is 26.8. The van der Waals surface area contributed by atoms with Crippen LogP contribution in [0.4, 0.5) is 0 Å². The molecule has 0 bridgehead atoms. The van der Waals surface area contributed by atoms with E-state index in [0.717, 1.165) is 77.0 Å². The molecule has 0 aliphatic carbocycles. The van der Waals surface area contributed by atoms with Gasteiger partial charge in [-0.15, -0.1) is 0 Å². The highest BCUT2D eigenvalue weighted by Gasteiger charge is 2.28. The number of quaternary nitrogens is 1. The number of rotatable bonds is 45. The predicted molar refractivity (Wildman–Crippen MR) is 267 cm³/mol. The third-order valence-electron chi connectivity index (χ3n) is 11.0. The second-order valence-electron chi connectivity index (χ2n) is 18.2. The lowest BCUT2D eigenvalue weighted by Gasteiger charge is -2.26. The number of phosphoric ester groups is 1. The van der Waals surface area contributed by atoms with E-state index < -0.39 is 20.0 Å². The molecule has 0 saturated carbocycles. The van der Waals surface area contributed by atoms with Crippen molar-refractivity contribution in [3.63, 3.8) is 0 Å². The zero-order chi connectivity index (χ0) is 45.7. The standard InChI is InChI=1S/C53H97N2O6P/c1-6-8-10-12-14-15-16-17-18-19-20-21-22-23-24-25-26-27-28-29-30-31-32-33-34-35-36-37-38-39-41-43-45-47-53(57)54-51(52(56)46-44-42-40-13-11-9-7-2)50-61-62(58,59)60-49-48-55(3,4)5/h8,10,14-15,17-18,20-21,23-24,26-27,51-52,56H,6-7,9,11-13,16,19,22,25,28-50H2,1-5H3,(H-,54,57,58,59)/p+1/b10-8-,15-14-,18-17-,21-20-,24-23-,27-26-. The summed E-state index contributed by atoms with van der Waals surface area (Å²) in [6.45, 7) is 4.71. The van der Waals surface area contributed by atoms with Gasteiger partial charge in [0.05, 0.1) is 39.9 Å². The molecule has 0 fully saturated rings. The van der Waals surface area contributed by atoms with Gasteiger partial charge in [0, 0.05) is 6.42 Å². The summed E-state index contributed by atoms with van der Waals surface area (Å²) in [7, 11) is 1.61. The first-order chi connectivity index (χ1) is 30.0. The summed E-state index contributed by atoms with van der Waals surface area (Å²) in [6, 6.07) is -0.760. The summed E-state index contributed by atoms with van der Waals surface area (Å²) in [4.78, 5) is 23.1. The van der Waals surface area contributed by atoms with Crippen molar-refractivity contribution in [3.05, 3.63) is 72.9 Å². The predicted octanol–water partition coefficient (Wildman–Crippen LogP) is 14.8. The summed E-state index contributed by atoms with van der Waals surface area (Å²) >= 11 is 0. The van der Waals surface area contributed by atoms with Crippen LogP contribution >= 0.6 is 7.82 Å². The highest BCUT2D eigenvalue weighted by molar-refractivity contribution is 7.47. The third kappa shape index (κ3) is 45.9. The highest BCUT2D eigenvalue weighted by atomic mass is 31.2. The Balaban J connectivity index is 3.95. The van der Waals surface area contributed by atoms with Crippen molar-refractivity contribution >= 4 is 13.7 Å². The average Bonchev–Trinajstić information content (AvgIpc) is 3.23. The molecule has 0 saturated heterocycles. The Morgan fingerprint density at radius 1 is 0.565 bits per heavy atom. The molecule has 0 aromatic heterocycles. The van der Waals surface area contributed by atoms with E-state index in [-0.39, 0.29) is 19.1 Å². The van der Waals surface area contributed by atoms with Gasteiger partial charge in [-0.05, 0) is 64.2 Å². The quantitative estimate of drug-likeness (QED) is 0.0243. The zero-order valence-corrected chi connectivity index (χ0v) is 41.7. The van der Waals surface area contributed by atoms with E-state index in [1.54, 1.807) is 0 Å². The van der Waals surface area contributed by atoms with Gasteiger partial charge >= 0.3 is 7.82 Å². The molecule has 0 aromatic rings. The number of aliphatic hydroxyl groups excluding tert-OH is 1. The molecular formula is C53H98N2O6P+. The van der Waals surface area contributed by atoms with E-state index in [1.807, 2.05) is 21.1 Å². The third-order valence-corrected chi connectivity index (χ3v) is 12.0. The Kier molecular flexibility index (Phi) is 42.7. The molecule has 62 heavy (non-hydrogen) atoms. The second-order valence-corrected chi connectivity index (χ2v) is 19.6. The number of phosphoric acid groups is 1. The summed E-state index contributed by atoms with van der Waals surface area (Å²) in [5.41, 5.74) is 0. The van der Waals surface area contributed by atoms with Crippen molar-refractivity contribution in [3.8, 4) is 0 Å². The van der Waals surface area contributed by atoms with Crippen molar-refractivity contribution in [2.45, 2.75) is 219 Å². The molecule has 0 aliphatic heterocycles. The number of nitrogens with one attached hydrogen (secondary N) is 1. The first kappa shape index (κ1) is 59.9. The van der Waals surface area contributed by atoms with Gasteiger partial charge in [-0.25, -0.2) is 4.57 Å². The molecule has 9 heteroatoms. The molecule has 0 heterocycles. The van der Waals surface area contributed by atoms with Crippen LogP contribution in [0, 0.1) is 0 Å². The van der Waals surface area contributed by atoms with Gasteiger partial charge in [-0.3, -0.25) is 13.8 Å².